The van der Waals surface area contributed by atoms with E-state index in [9.17, 15) is 14.9 Å². The van der Waals surface area contributed by atoms with Crippen molar-refractivity contribution in [1.29, 1.82) is 0 Å². The van der Waals surface area contributed by atoms with Gasteiger partial charge in [-0.1, -0.05) is 6.07 Å². The van der Waals surface area contributed by atoms with Crippen molar-refractivity contribution in [3.63, 3.8) is 0 Å². The topological polar surface area (TPSA) is 81.9 Å². The van der Waals surface area contributed by atoms with Crippen molar-refractivity contribution < 1.29 is 19.3 Å². The Labute approximate surface area is 116 Å². The summed E-state index contributed by atoms with van der Waals surface area (Å²) in [5.41, 5.74) is -0.0577. The molecule has 0 radical (unpaired) electrons. The predicted octanol–water partition coefficient (Wildman–Crippen LogP) is 2.16. The van der Waals surface area contributed by atoms with Crippen LogP contribution < -0.4 is 4.74 Å². The number of rotatable bonds is 4. The molecule has 0 saturated carbocycles. The summed E-state index contributed by atoms with van der Waals surface area (Å²) in [7, 11) is 0. The fourth-order valence-corrected chi connectivity index (χ4v) is 2.02. The average Bonchev–Trinajstić information content (AvgIpc) is 2.47. The summed E-state index contributed by atoms with van der Waals surface area (Å²) in [5, 5.41) is 12.3. The number of para-hydroxylation sites is 1. The SMILES string of the molecule is CCOc1c(C(=O)N2CCCCO2)cccc1[N+](=O)[O-]. The van der Waals surface area contributed by atoms with Gasteiger partial charge in [-0.25, -0.2) is 5.06 Å². The highest BCUT2D eigenvalue weighted by Crippen LogP contribution is 2.32. The second kappa shape index (κ2) is 6.33. The third-order valence-electron chi connectivity index (χ3n) is 2.94. The molecule has 7 nitrogen and oxygen atoms in total. The molecule has 1 aliphatic heterocycles. The van der Waals surface area contributed by atoms with Gasteiger partial charge in [0.05, 0.1) is 23.7 Å². The molecule has 0 bridgehead atoms. The van der Waals surface area contributed by atoms with Crippen molar-refractivity contribution in [3.8, 4) is 5.75 Å². The van der Waals surface area contributed by atoms with E-state index in [-0.39, 0.29) is 23.6 Å². The lowest BCUT2D eigenvalue weighted by Crippen LogP contribution is -2.36. The molecule has 0 spiro atoms. The van der Waals surface area contributed by atoms with E-state index in [1.165, 1.54) is 23.3 Å². The highest BCUT2D eigenvalue weighted by molar-refractivity contribution is 5.97. The normalized spacial score (nSPS) is 14.9. The van der Waals surface area contributed by atoms with Crippen LogP contribution in [-0.2, 0) is 4.84 Å². The molecule has 0 aliphatic carbocycles. The Morgan fingerprint density at radius 1 is 1.50 bits per heavy atom. The van der Waals surface area contributed by atoms with E-state index in [0.717, 1.165) is 12.8 Å². The summed E-state index contributed by atoms with van der Waals surface area (Å²) in [6, 6.07) is 4.30. The Morgan fingerprint density at radius 3 is 2.90 bits per heavy atom. The summed E-state index contributed by atoms with van der Waals surface area (Å²) < 4.78 is 5.30. The molecule has 0 unspecified atom stereocenters. The highest BCUT2D eigenvalue weighted by Gasteiger charge is 2.27. The zero-order valence-corrected chi connectivity index (χ0v) is 11.2. The van der Waals surface area contributed by atoms with Gasteiger partial charge >= 0.3 is 5.69 Å². The molecule has 1 fully saturated rings. The number of nitro groups is 1. The molecule has 1 amide bonds. The molecule has 1 aromatic rings. The largest absolute Gasteiger partial charge is 0.487 e. The number of benzene rings is 1. The van der Waals surface area contributed by atoms with Gasteiger partial charge in [-0.15, -0.1) is 0 Å². The lowest BCUT2D eigenvalue weighted by molar-refractivity contribution is -0.385. The van der Waals surface area contributed by atoms with Gasteiger partial charge in [0.1, 0.15) is 0 Å². The molecule has 7 heteroatoms. The van der Waals surface area contributed by atoms with E-state index in [1.807, 2.05) is 0 Å². The Balaban J connectivity index is 2.36. The van der Waals surface area contributed by atoms with Crippen LogP contribution in [0.25, 0.3) is 0 Å². The molecular formula is C13H16N2O5. The Morgan fingerprint density at radius 2 is 2.30 bits per heavy atom. The van der Waals surface area contributed by atoms with Gasteiger partial charge in [0, 0.05) is 12.6 Å². The maximum Gasteiger partial charge on any atom is 0.311 e. The molecule has 1 aliphatic rings. The van der Waals surface area contributed by atoms with Crippen LogP contribution in [0, 0.1) is 10.1 Å². The standard InChI is InChI=1S/C13H16N2O5/c1-2-19-12-10(6-5-7-11(12)15(17)18)13(16)14-8-3-4-9-20-14/h5-7H,2-4,8-9H2,1H3. The maximum atomic E-state index is 12.4. The third kappa shape index (κ3) is 2.88. The fraction of sp³-hybridized carbons (Fsp3) is 0.462. The van der Waals surface area contributed by atoms with Crippen molar-refractivity contribution in [2.45, 2.75) is 19.8 Å². The Bertz CT molecular complexity index is 511. The Kier molecular flexibility index (Phi) is 4.52. The molecule has 108 valence electrons. The van der Waals surface area contributed by atoms with Crippen molar-refractivity contribution in [1.82, 2.24) is 5.06 Å². The third-order valence-corrected chi connectivity index (χ3v) is 2.94. The van der Waals surface area contributed by atoms with E-state index in [1.54, 1.807) is 6.92 Å². The molecular weight excluding hydrogens is 264 g/mol. The van der Waals surface area contributed by atoms with Crippen LogP contribution in [0.15, 0.2) is 18.2 Å². The molecule has 0 N–H and O–H groups in total. The van der Waals surface area contributed by atoms with Crippen LogP contribution in [0.5, 0.6) is 5.75 Å². The number of hydrogen-bond acceptors (Lipinski definition) is 5. The van der Waals surface area contributed by atoms with Gasteiger partial charge in [0.2, 0.25) is 5.75 Å². The number of hydrogen-bond donors (Lipinski definition) is 0. The minimum atomic E-state index is -0.557. The first-order valence-electron chi connectivity index (χ1n) is 6.50. The second-order valence-electron chi connectivity index (χ2n) is 4.29. The van der Waals surface area contributed by atoms with E-state index >= 15 is 0 Å². The number of carbonyl (C=O) groups excluding carboxylic acids is 1. The minimum Gasteiger partial charge on any atom is -0.487 e. The quantitative estimate of drug-likeness (QED) is 0.623. The minimum absolute atomic E-state index is 0.000765. The van der Waals surface area contributed by atoms with Gasteiger partial charge in [0.25, 0.3) is 5.91 Å². The van der Waals surface area contributed by atoms with Crippen LogP contribution >= 0.6 is 0 Å². The predicted molar refractivity (Wildman–Crippen MR) is 70.5 cm³/mol. The summed E-state index contributed by atoms with van der Waals surface area (Å²) in [6.45, 7) is 2.91. The van der Waals surface area contributed by atoms with Gasteiger partial charge in [-0.2, -0.15) is 0 Å². The molecule has 0 atom stereocenters. The first kappa shape index (κ1) is 14.3. The van der Waals surface area contributed by atoms with Crippen LogP contribution in [0.2, 0.25) is 0 Å². The summed E-state index contributed by atoms with van der Waals surface area (Å²) >= 11 is 0. The van der Waals surface area contributed by atoms with E-state index in [0.29, 0.717) is 13.2 Å². The monoisotopic (exact) mass is 280 g/mol. The average molecular weight is 280 g/mol. The molecule has 0 aromatic heterocycles. The van der Waals surface area contributed by atoms with Crippen LogP contribution in [0.4, 0.5) is 5.69 Å². The van der Waals surface area contributed by atoms with Crippen LogP contribution in [0.3, 0.4) is 0 Å². The first-order valence-corrected chi connectivity index (χ1v) is 6.50. The Hall–Kier alpha value is -2.15. The number of nitro benzene ring substituents is 1. The van der Waals surface area contributed by atoms with Crippen molar-refractivity contribution in [3.05, 3.63) is 33.9 Å². The maximum absolute atomic E-state index is 12.4. The van der Waals surface area contributed by atoms with E-state index < -0.39 is 10.8 Å². The van der Waals surface area contributed by atoms with E-state index in [4.69, 9.17) is 9.57 Å². The van der Waals surface area contributed by atoms with Crippen molar-refractivity contribution in [2.75, 3.05) is 19.8 Å². The van der Waals surface area contributed by atoms with Gasteiger partial charge in [0.15, 0.2) is 0 Å². The number of nitrogens with zero attached hydrogens (tertiary/aromatic N) is 2. The molecule has 1 aromatic carbocycles. The zero-order valence-electron chi connectivity index (χ0n) is 11.2. The second-order valence-corrected chi connectivity index (χ2v) is 4.29. The molecule has 1 saturated heterocycles. The summed E-state index contributed by atoms with van der Waals surface area (Å²) in [5.74, 6) is -0.406. The summed E-state index contributed by atoms with van der Waals surface area (Å²) in [4.78, 5) is 28.1. The number of hydroxylamine groups is 2. The van der Waals surface area contributed by atoms with Gasteiger partial charge in [-0.3, -0.25) is 19.7 Å². The molecule has 2 rings (SSSR count). The number of carbonyl (C=O) groups is 1. The number of amides is 1. The highest BCUT2D eigenvalue weighted by atomic mass is 16.7. The summed E-state index contributed by atoms with van der Waals surface area (Å²) in [6.07, 6.45) is 1.75. The lowest BCUT2D eigenvalue weighted by atomic mass is 10.1. The molecule has 1 heterocycles. The van der Waals surface area contributed by atoms with E-state index in [2.05, 4.69) is 0 Å². The van der Waals surface area contributed by atoms with Gasteiger partial charge < -0.3 is 4.74 Å². The van der Waals surface area contributed by atoms with Crippen LogP contribution in [-0.4, -0.2) is 35.7 Å². The first-order chi connectivity index (χ1) is 9.65. The van der Waals surface area contributed by atoms with Crippen LogP contribution in [0.1, 0.15) is 30.1 Å². The lowest BCUT2D eigenvalue weighted by Gasteiger charge is -2.26. The van der Waals surface area contributed by atoms with Gasteiger partial charge in [-0.05, 0) is 25.8 Å². The van der Waals surface area contributed by atoms with Crippen molar-refractivity contribution >= 4 is 11.6 Å². The molecule has 20 heavy (non-hydrogen) atoms. The number of ether oxygens (including phenoxy) is 1. The van der Waals surface area contributed by atoms with Crippen molar-refractivity contribution in [2.24, 2.45) is 0 Å². The zero-order chi connectivity index (χ0) is 14.5. The smallest absolute Gasteiger partial charge is 0.311 e. The fourth-order valence-electron chi connectivity index (χ4n) is 2.02.